The fraction of sp³-hybridized carbons (Fsp3) is 0.609. The van der Waals surface area contributed by atoms with Crippen LogP contribution in [0.5, 0.6) is 0 Å². The summed E-state index contributed by atoms with van der Waals surface area (Å²) in [7, 11) is 0. The monoisotopic (exact) mass is 400 g/mol. The number of nitrogens with zero attached hydrogens (tertiary/aromatic N) is 1. The summed E-state index contributed by atoms with van der Waals surface area (Å²) < 4.78 is 0. The highest BCUT2D eigenvalue weighted by molar-refractivity contribution is 5.85. The third-order valence-corrected chi connectivity index (χ3v) is 6.02. The second-order valence-electron chi connectivity index (χ2n) is 8.31. The largest absolute Gasteiger partial charge is 0.352 e. The van der Waals surface area contributed by atoms with E-state index in [4.69, 9.17) is 0 Å². The van der Waals surface area contributed by atoms with E-state index in [-0.39, 0.29) is 17.9 Å². The van der Waals surface area contributed by atoms with Crippen molar-refractivity contribution in [2.45, 2.75) is 66.3 Å². The average molecular weight is 401 g/mol. The number of urea groups is 1. The zero-order valence-electron chi connectivity index (χ0n) is 18.3. The van der Waals surface area contributed by atoms with Crippen LogP contribution in [0.25, 0.3) is 0 Å². The first-order chi connectivity index (χ1) is 13.9. The van der Waals surface area contributed by atoms with Gasteiger partial charge in [0.05, 0.1) is 0 Å². The van der Waals surface area contributed by atoms with Gasteiger partial charge in [0.25, 0.3) is 0 Å². The lowest BCUT2D eigenvalue weighted by Gasteiger charge is -2.27. The normalized spacial score (nSPS) is 20.6. The van der Waals surface area contributed by atoms with E-state index in [1.807, 2.05) is 6.92 Å². The third kappa shape index (κ3) is 7.87. The molecule has 1 aromatic rings. The maximum absolute atomic E-state index is 12.4. The van der Waals surface area contributed by atoms with Gasteiger partial charge in [-0.15, -0.1) is 0 Å². The number of amides is 3. The number of hydrazone groups is 1. The molecular weight excluding hydrogens is 364 g/mol. The minimum absolute atomic E-state index is 0.0771. The van der Waals surface area contributed by atoms with E-state index in [0.29, 0.717) is 24.9 Å². The number of hydrogen-bond donors (Lipinski definition) is 3. The van der Waals surface area contributed by atoms with Crippen molar-refractivity contribution in [3.63, 3.8) is 0 Å². The molecule has 0 aliphatic heterocycles. The van der Waals surface area contributed by atoms with Crippen molar-refractivity contribution in [1.82, 2.24) is 16.1 Å². The molecule has 0 saturated heterocycles. The van der Waals surface area contributed by atoms with E-state index in [0.717, 1.165) is 43.4 Å². The van der Waals surface area contributed by atoms with Crippen LogP contribution in [0.2, 0.25) is 0 Å². The van der Waals surface area contributed by atoms with E-state index in [1.165, 1.54) is 5.56 Å². The highest BCUT2D eigenvalue weighted by atomic mass is 16.2. The van der Waals surface area contributed by atoms with Crippen LogP contribution in [-0.4, -0.2) is 24.2 Å². The van der Waals surface area contributed by atoms with Gasteiger partial charge in [0.2, 0.25) is 5.91 Å². The van der Waals surface area contributed by atoms with Gasteiger partial charge in [0.1, 0.15) is 0 Å². The molecule has 1 aliphatic carbocycles. The number of aryl methyl sites for hydroxylation is 1. The first-order valence-electron chi connectivity index (χ1n) is 10.8. The highest BCUT2D eigenvalue weighted by Gasteiger charge is 2.26. The third-order valence-electron chi connectivity index (χ3n) is 6.02. The Labute approximate surface area is 174 Å². The summed E-state index contributed by atoms with van der Waals surface area (Å²) >= 11 is 0. The number of benzene rings is 1. The van der Waals surface area contributed by atoms with Crippen LogP contribution in [0.1, 0.15) is 64.0 Å². The van der Waals surface area contributed by atoms with Gasteiger partial charge < -0.3 is 10.6 Å². The molecule has 3 amide bonds. The molecule has 0 heterocycles. The van der Waals surface area contributed by atoms with E-state index in [1.54, 1.807) is 0 Å². The lowest BCUT2D eigenvalue weighted by atomic mass is 9.81. The predicted octanol–water partition coefficient (Wildman–Crippen LogP) is 4.14. The first kappa shape index (κ1) is 22.9. The van der Waals surface area contributed by atoms with Gasteiger partial charge in [0, 0.05) is 24.7 Å². The lowest BCUT2D eigenvalue weighted by Crippen LogP contribution is -2.38. The van der Waals surface area contributed by atoms with Gasteiger partial charge in [-0.3, -0.25) is 4.79 Å². The van der Waals surface area contributed by atoms with E-state index >= 15 is 0 Å². The number of hydrogen-bond acceptors (Lipinski definition) is 3. The number of carbonyl (C=O) groups is 2. The molecular formula is C23H36N4O2. The van der Waals surface area contributed by atoms with Gasteiger partial charge in [-0.1, -0.05) is 43.7 Å². The minimum Gasteiger partial charge on any atom is -0.352 e. The van der Waals surface area contributed by atoms with E-state index in [2.05, 4.69) is 66.2 Å². The molecule has 0 spiro atoms. The summed E-state index contributed by atoms with van der Waals surface area (Å²) in [6.45, 7) is 9.38. The molecule has 1 fully saturated rings. The molecule has 2 rings (SSSR count). The second-order valence-corrected chi connectivity index (χ2v) is 8.31. The van der Waals surface area contributed by atoms with Crippen molar-refractivity contribution in [2.75, 3.05) is 6.54 Å². The van der Waals surface area contributed by atoms with Crippen molar-refractivity contribution < 1.29 is 9.59 Å². The van der Waals surface area contributed by atoms with Crippen molar-refractivity contribution in [3.8, 4) is 0 Å². The molecule has 29 heavy (non-hydrogen) atoms. The van der Waals surface area contributed by atoms with Gasteiger partial charge in [-0.05, 0) is 63.4 Å². The quantitative estimate of drug-likeness (QED) is 0.453. The maximum Gasteiger partial charge on any atom is 0.335 e. The number of nitrogens with one attached hydrogen (secondary N) is 3. The molecule has 1 atom stereocenters. The maximum atomic E-state index is 12.4. The zero-order valence-corrected chi connectivity index (χ0v) is 18.3. The highest BCUT2D eigenvalue weighted by Crippen LogP contribution is 2.28. The molecule has 1 saturated carbocycles. The van der Waals surface area contributed by atoms with Crippen LogP contribution >= 0.6 is 0 Å². The molecule has 1 aliphatic rings. The van der Waals surface area contributed by atoms with Gasteiger partial charge in [0.15, 0.2) is 0 Å². The van der Waals surface area contributed by atoms with E-state index < -0.39 is 0 Å². The molecule has 160 valence electrons. The molecule has 3 N–H and O–H groups in total. The Balaban J connectivity index is 1.64. The number of rotatable bonds is 8. The fourth-order valence-corrected chi connectivity index (χ4v) is 3.49. The SMILES string of the molecule is CC[C@H](C)/C(C)=N/NC(=O)NCC1CCC(C(=O)NCc2ccc(C)cc2)CC1. The zero-order chi connectivity index (χ0) is 21.2. The van der Waals surface area contributed by atoms with Crippen molar-refractivity contribution in [1.29, 1.82) is 0 Å². The topological polar surface area (TPSA) is 82.6 Å². The summed E-state index contributed by atoms with van der Waals surface area (Å²) in [6, 6.07) is 7.97. The van der Waals surface area contributed by atoms with Crippen LogP contribution in [0.4, 0.5) is 4.79 Å². The Kier molecular flexibility index (Phi) is 9.16. The van der Waals surface area contributed by atoms with Crippen LogP contribution in [-0.2, 0) is 11.3 Å². The number of carbonyl (C=O) groups excluding carboxylic acids is 2. The van der Waals surface area contributed by atoms with Gasteiger partial charge in [-0.2, -0.15) is 5.10 Å². The summed E-state index contributed by atoms with van der Waals surface area (Å²) in [5.74, 6) is 1.00. The fourth-order valence-electron chi connectivity index (χ4n) is 3.49. The van der Waals surface area contributed by atoms with Gasteiger partial charge >= 0.3 is 6.03 Å². The van der Waals surface area contributed by atoms with Crippen LogP contribution in [0, 0.1) is 24.7 Å². The Morgan fingerprint density at radius 1 is 1.10 bits per heavy atom. The Bertz CT molecular complexity index is 691. The molecule has 1 aromatic carbocycles. The van der Waals surface area contributed by atoms with Crippen molar-refractivity contribution >= 4 is 17.6 Å². The summed E-state index contributed by atoms with van der Waals surface area (Å²) in [4.78, 5) is 24.4. The Hall–Kier alpha value is -2.37. The van der Waals surface area contributed by atoms with Gasteiger partial charge in [-0.25, -0.2) is 10.2 Å². The average Bonchev–Trinajstić information content (AvgIpc) is 2.75. The van der Waals surface area contributed by atoms with Crippen molar-refractivity contribution in [2.24, 2.45) is 22.9 Å². The smallest absolute Gasteiger partial charge is 0.335 e. The van der Waals surface area contributed by atoms with E-state index in [9.17, 15) is 9.59 Å². The lowest BCUT2D eigenvalue weighted by molar-refractivity contribution is -0.126. The minimum atomic E-state index is -0.259. The van der Waals surface area contributed by atoms with Crippen LogP contribution in [0.3, 0.4) is 0 Å². The Morgan fingerprint density at radius 2 is 1.76 bits per heavy atom. The predicted molar refractivity (Wildman–Crippen MR) is 118 cm³/mol. The molecule has 6 heteroatoms. The summed E-state index contributed by atoms with van der Waals surface area (Å²) in [5, 5.41) is 10.1. The van der Waals surface area contributed by atoms with Crippen LogP contribution in [0.15, 0.2) is 29.4 Å². The van der Waals surface area contributed by atoms with Crippen LogP contribution < -0.4 is 16.1 Å². The summed E-state index contributed by atoms with van der Waals surface area (Å²) in [5.41, 5.74) is 5.85. The molecule has 0 aromatic heterocycles. The Morgan fingerprint density at radius 3 is 2.38 bits per heavy atom. The standard InChI is InChI=1S/C23H36N4O2/c1-5-17(3)18(4)26-27-23(29)25-15-20-10-12-21(13-11-20)22(28)24-14-19-8-6-16(2)7-9-19/h6-9,17,20-21H,5,10-15H2,1-4H3,(H,24,28)(H2,25,27,29)/b26-18+/t17-,20?,21?/m0/s1. The summed E-state index contributed by atoms with van der Waals surface area (Å²) in [6.07, 6.45) is 4.66. The molecule has 0 bridgehead atoms. The molecule has 0 unspecified atom stereocenters. The first-order valence-corrected chi connectivity index (χ1v) is 10.8. The van der Waals surface area contributed by atoms with Crippen molar-refractivity contribution in [3.05, 3.63) is 35.4 Å². The second kappa shape index (κ2) is 11.6. The molecule has 6 nitrogen and oxygen atoms in total. The molecule has 0 radical (unpaired) electrons.